The number of halogens is 1. The molecule has 0 bridgehead atoms. The van der Waals surface area contributed by atoms with E-state index in [-0.39, 0.29) is 0 Å². The Labute approximate surface area is 82.5 Å². The number of hydrogen-bond acceptors (Lipinski definition) is 2. The molecule has 0 aliphatic heterocycles. The minimum absolute atomic E-state index is 0.493. The van der Waals surface area contributed by atoms with Crippen molar-refractivity contribution in [2.75, 3.05) is 6.54 Å². The van der Waals surface area contributed by atoms with Crippen LogP contribution in [0.25, 0.3) is 0 Å². The molecule has 0 fully saturated rings. The third-order valence-electron chi connectivity index (χ3n) is 1.55. The molecule has 1 aromatic carbocycles. The van der Waals surface area contributed by atoms with E-state index in [0.717, 1.165) is 5.56 Å². The summed E-state index contributed by atoms with van der Waals surface area (Å²) in [7, 11) is 0. The summed E-state index contributed by atoms with van der Waals surface area (Å²) in [5, 5.41) is 9.05. The highest BCUT2D eigenvalue weighted by Gasteiger charge is 1.98. The van der Waals surface area contributed by atoms with E-state index in [4.69, 9.17) is 16.9 Å². The lowest BCUT2D eigenvalue weighted by Gasteiger charge is -1.97. The molecule has 0 unspecified atom stereocenters. The van der Waals surface area contributed by atoms with Crippen LogP contribution in [0, 0.1) is 11.3 Å². The van der Waals surface area contributed by atoms with Crippen LogP contribution in [-0.2, 0) is 0 Å². The molecule has 3 heteroatoms. The van der Waals surface area contributed by atoms with Gasteiger partial charge in [0.2, 0.25) is 0 Å². The third-order valence-corrected chi connectivity index (χ3v) is 1.89. The topological polar surface area (TPSA) is 36.1 Å². The number of nitriles is 1. The first-order chi connectivity index (χ1) is 6.27. The van der Waals surface area contributed by atoms with Crippen molar-refractivity contribution >= 4 is 16.8 Å². The first kappa shape index (κ1) is 9.76. The van der Waals surface area contributed by atoms with E-state index in [0.29, 0.717) is 17.3 Å². The molecular weight excluding hydrogens is 184 g/mol. The summed E-state index contributed by atoms with van der Waals surface area (Å²) < 4.78 is 0. The van der Waals surface area contributed by atoms with Crippen molar-refractivity contribution in [3.8, 4) is 6.07 Å². The van der Waals surface area contributed by atoms with Gasteiger partial charge in [-0.1, -0.05) is 23.7 Å². The molecule has 0 N–H and O–H groups in total. The largest absolute Gasteiger partial charge is 0.273 e. The lowest BCUT2D eigenvalue weighted by molar-refractivity contribution is 1.14. The molecule has 0 heterocycles. The Morgan fingerprint density at radius 1 is 1.46 bits per heavy atom. The number of benzene rings is 1. The summed E-state index contributed by atoms with van der Waals surface area (Å²) in [4.78, 5) is 4.05. The summed E-state index contributed by atoms with van der Waals surface area (Å²) in [6.45, 7) is 2.59. The average Bonchev–Trinajstić information content (AvgIpc) is 2.18. The van der Waals surface area contributed by atoms with Crippen molar-refractivity contribution in [2.24, 2.45) is 4.99 Å². The van der Waals surface area contributed by atoms with Crippen LogP contribution < -0.4 is 0 Å². The SMILES string of the molecule is CC/N=C(\Cl)c1ccc(C#N)cc1. The van der Waals surface area contributed by atoms with Crippen molar-refractivity contribution in [1.29, 1.82) is 5.26 Å². The quantitative estimate of drug-likeness (QED) is 0.664. The molecule has 66 valence electrons. The van der Waals surface area contributed by atoms with Gasteiger partial charge in [-0.2, -0.15) is 5.26 Å². The summed E-state index contributed by atoms with van der Waals surface area (Å²) in [5.74, 6) is 0. The number of rotatable bonds is 2. The van der Waals surface area contributed by atoms with Crippen LogP contribution in [-0.4, -0.2) is 11.7 Å². The van der Waals surface area contributed by atoms with Crippen molar-refractivity contribution in [2.45, 2.75) is 6.92 Å². The maximum Gasteiger partial charge on any atom is 0.130 e. The average molecular weight is 193 g/mol. The van der Waals surface area contributed by atoms with Gasteiger partial charge in [-0.05, 0) is 19.1 Å². The molecule has 1 aromatic rings. The normalized spacial score (nSPS) is 11.0. The van der Waals surface area contributed by atoms with Gasteiger partial charge in [0.25, 0.3) is 0 Å². The third kappa shape index (κ3) is 2.57. The summed E-state index contributed by atoms with van der Waals surface area (Å²) in [5.41, 5.74) is 1.48. The first-order valence-electron chi connectivity index (χ1n) is 3.98. The molecule has 1 rings (SSSR count). The summed E-state index contributed by atoms with van der Waals surface area (Å²) >= 11 is 5.87. The number of hydrogen-bond donors (Lipinski definition) is 0. The number of nitrogens with zero attached hydrogens (tertiary/aromatic N) is 2. The summed E-state index contributed by atoms with van der Waals surface area (Å²) in [6.07, 6.45) is 0. The molecule has 0 radical (unpaired) electrons. The zero-order chi connectivity index (χ0) is 9.68. The van der Waals surface area contributed by atoms with Gasteiger partial charge < -0.3 is 0 Å². The Bertz CT molecular complexity index is 346. The van der Waals surface area contributed by atoms with Crippen LogP contribution in [0.2, 0.25) is 0 Å². The highest BCUT2D eigenvalue weighted by atomic mass is 35.5. The first-order valence-corrected chi connectivity index (χ1v) is 4.36. The van der Waals surface area contributed by atoms with Crippen molar-refractivity contribution in [1.82, 2.24) is 0 Å². The standard InChI is InChI=1S/C10H9ClN2/c1-2-13-10(11)9-5-3-8(7-12)4-6-9/h3-6H,2H2,1H3/b13-10-. The van der Waals surface area contributed by atoms with Gasteiger partial charge in [0.1, 0.15) is 5.17 Å². The van der Waals surface area contributed by atoms with Gasteiger partial charge in [-0.15, -0.1) is 0 Å². The molecule has 0 atom stereocenters. The second kappa shape index (κ2) is 4.64. The zero-order valence-electron chi connectivity index (χ0n) is 7.29. The van der Waals surface area contributed by atoms with E-state index in [2.05, 4.69) is 4.99 Å². The monoisotopic (exact) mass is 192 g/mol. The Hall–Kier alpha value is -1.33. The highest BCUT2D eigenvalue weighted by Crippen LogP contribution is 2.07. The van der Waals surface area contributed by atoms with Crippen LogP contribution in [0.1, 0.15) is 18.1 Å². The molecule has 0 spiro atoms. The molecular formula is C10H9ClN2. The molecule has 13 heavy (non-hydrogen) atoms. The molecule has 2 nitrogen and oxygen atoms in total. The summed E-state index contributed by atoms with van der Waals surface area (Å²) in [6, 6.07) is 9.08. The van der Waals surface area contributed by atoms with E-state index in [1.54, 1.807) is 24.3 Å². The van der Waals surface area contributed by atoms with Crippen molar-refractivity contribution < 1.29 is 0 Å². The molecule has 0 saturated carbocycles. The minimum Gasteiger partial charge on any atom is -0.273 e. The molecule has 0 saturated heterocycles. The van der Waals surface area contributed by atoms with Crippen LogP contribution in [0.15, 0.2) is 29.3 Å². The Balaban J connectivity index is 2.94. The van der Waals surface area contributed by atoms with Crippen LogP contribution in [0.4, 0.5) is 0 Å². The maximum absolute atomic E-state index is 8.56. The molecule has 0 aliphatic carbocycles. The van der Waals surface area contributed by atoms with E-state index >= 15 is 0 Å². The number of aliphatic imine (C=N–C) groups is 1. The fourth-order valence-corrected chi connectivity index (χ4v) is 1.16. The lowest BCUT2D eigenvalue weighted by atomic mass is 10.2. The Morgan fingerprint density at radius 2 is 2.08 bits per heavy atom. The fourth-order valence-electron chi connectivity index (χ4n) is 0.912. The van der Waals surface area contributed by atoms with Gasteiger partial charge >= 0.3 is 0 Å². The predicted molar refractivity (Wildman–Crippen MR) is 54.1 cm³/mol. The zero-order valence-corrected chi connectivity index (χ0v) is 8.04. The Morgan fingerprint density at radius 3 is 2.54 bits per heavy atom. The second-order valence-corrected chi connectivity index (χ2v) is 2.81. The van der Waals surface area contributed by atoms with E-state index in [1.165, 1.54) is 0 Å². The van der Waals surface area contributed by atoms with Crippen LogP contribution in [0.3, 0.4) is 0 Å². The van der Waals surface area contributed by atoms with Gasteiger partial charge in [-0.3, -0.25) is 4.99 Å². The smallest absolute Gasteiger partial charge is 0.130 e. The van der Waals surface area contributed by atoms with Gasteiger partial charge in [0.15, 0.2) is 0 Å². The van der Waals surface area contributed by atoms with Crippen molar-refractivity contribution in [3.63, 3.8) is 0 Å². The van der Waals surface area contributed by atoms with Gasteiger partial charge in [-0.25, -0.2) is 0 Å². The van der Waals surface area contributed by atoms with Gasteiger partial charge in [0, 0.05) is 12.1 Å². The van der Waals surface area contributed by atoms with E-state index < -0.39 is 0 Å². The van der Waals surface area contributed by atoms with E-state index in [9.17, 15) is 0 Å². The molecule has 0 amide bonds. The fraction of sp³-hybridized carbons (Fsp3) is 0.200. The van der Waals surface area contributed by atoms with Crippen LogP contribution >= 0.6 is 11.6 Å². The highest BCUT2D eigenvalue weighted by molar-refractivity contribution is 6.69. The molecule has 0 aromatic heterocycles. The van der Waals surface area contributed by atoms with Crippen molar-refractivity contribution in [3.05, 3.63) is 35.4 Å². The van der Waals surface area contributed by atoms with Crippen LogP contribution in [0.5, 0.6) is 0 Å². The Kier molecular flexibility index (Phi) is 3.48. The van der Waals surface area contributed by atoms with E-state index in [1.807, 2.05) is 13.0 Å². The second-order valence-electron chi connectivity index (χ2n) is 2.45. The lowest BCUT2D eigenvalue weighted by Crippen LogP contribution is -1.91. The predicted octanol–water partition coefficient (Wildman–Crippen LogP) is 2.56. The minimum atomic E-state index is 0.493. The molecule has 0 aliphatic rings. The maximum atomic E-state index is 8.56. The van der Waals surface area contributed by atoms with Gasteiger partial charge in [0.05, 0.1) is 11.6 Å².